The fourth-order valence-corrected chi connectivity index (χ4v) is 3.92. The average Bonchev–Trinajstić information content (AvgIpc) is 2.79. The van der Waals surface area contributed by atoms with Crippen molar-refractivity contribution in [2.24, 2.45) is 5.92 Å². The van der Waals surface area contributed by atoms with Gasteiger partial charge in [-0.1, -0.05) is 30.3 Å². The van der Waals surface area contributed by atoms with Gasteiger partial charge in [0.05, 0.1) is 6.61 Å². The van der Waals surface area contributed by atoms with Crippen LogP contribution in [0, 0.1) is 11.7 Å². The number of nitrogens with one attached hydrogen (secondary N) is 1. The number of carbonyl (C=O) groups is 2. The van der Waals surface area contributed by atoms with Gasteiger partial charge >= 0.3 is 12.1 Å². The van der Waals surface area contributed by atoms with E-state index in [1.807, 2.05) is 30.3 Å². The van der Waals surface area contributed by atoms with E-state index in [0.29, 0.717) is 25.2 Å². The number of hydrogen-bond donors (Lipinski definition) is 1. The van der Waals surface area contributed by atoms with Crippen LogP contribution in [0.4, 0.5) is 9.18 Å². The van der Waals surface area contributed by atoms with Crippen LogP contribution in [0.2, 0.25) is 0 Å². The van der Waals surface area contributed by atoms with Crippen molar-refractivity contribution >= 4 is 12.1 Å². The van der Waals surface area contributed by atoms with Crippen LogP contribution >= 0.6 is 0 Å². The number of halogens is 1. The molecule has 3 rings (SSSR count). The van der Waals surface area contributed by atoms with Crippen LogP contribution in [0.3, 0.4) is 0 Å². The average molecular weight is 488 g/mol. The van der Waals surface area contributed by atoms with Gasteiger partial charge in [-0.25, -0.2) is 14.0 Å². The van der Waals surface area contributed by atoms with E-state index < -0.39 is 35.9 Å². The van der Waals surface area contributed by atoms with Crippen molar-refractivity contribution in [1.82, 2.24) is 5.32 Å². The van der Waals surface area contributed by atoms with Gasteiger partial charge in [-0.05, 0) is 70.4 Å². The van der Waals surface area contributed by atoms with E-state index in [9.17, 15) is 14.0 Å². The molecular formula is C27H34FNO6. The Kier molecular flexibility index (Phi) is 9.09. The Balaban J connectivity index is 1.79. The highest BCUT2D eigenvalue weighted by molar-refractivity contribution is 5.81. The molecule has 0 unspecified atom stereocenters. The third kappa shape index (κ3) is 8.55. The second-order valence-electron chi connectivity index (χ2n) is 9.69. The van der Waals surface area contributed by atoms with Crippen molar-refractivity contribution < 1.29 is 32.9 Å². The third-order valence-corrected chi connectivity index (χ3v) is 5.55. The molecule has 0 saturated carbocycles. The van der Waals surface area contributed by atoms with E-state index in [-0.39, 0.29) is 18.3 Å². The Hall–Kier alpha value is -3.13. The molecule has 1 aliphatic rings. The first kappa shape index (κ1) is 26.5. The normalized spacial score (nSPS) is 23.6. The Morgan fingerprint density at radius 3 is 2.46 bits per heavy atom. The molecule has 2 aromatic carbocycles. The fourth-order valence-electron chi connectivity index (χ4n) is 3.92. The lowest BCUT2D eigenvalue weighted by molar-refractivity contribution is -0.160. The molecule has 1 heterocycles. The standard InChI is InChI=1S/C27H34FNO6/c1-18-24(34-22-8-6-5-7-9-22)20(16-19-10-12-21(28)13-11-19)14-15-32-17-23(25(30)33-18)29-26(31)35-27(2,3)4/h5-13,18,20,23-24H,14-17H2,1-4H3,(H,29,31)/t18-,20+,23-,24-/m0/s1. The molecule has 7 nitrogen and oxygen atoms in total. The van der Waals surface area contributed by atoms with Gasteiger partial charge in [0.1, 0.15) is 29.4 Å². The molecule has 190 valence electrons. The summed E-state index contributed by atoms with van der Waals surface area (Å²) >= 11 is 0. The minimum absolute atomic E-state index is 0.0434. The smallest absolute Gasteiger partial charge is 0.408 e. The van der Waals surface area contributed by atoms with Gasteiger partial charge in [0, 0.05) is 12.5 Å². The van der Waals surface area contributed by atoms with Crippen LogP contribution in [0.25, 0.3) is 0 Å². The SMILES string of the molecule is C[C@@H]1OC(=O)[C@@H](NC(=O)OC(C)(C)C)COCC[C@H](Cc2ccc(F)cc2)[C@H]1Oc1ccccc1. The zero-order chi connectivity index (χ0) is 25.4. The van der Waals surface area contributed by atoms with E-state index in [2.05, 4.69) is 5.32 Å². The summed E-state index contributed by atoms with van der Waals surface area (Å²) in [6.45, 7) is 7.29. The van der Waals surface area contributed by atoms with Crippen molar-refractivity contribution in [3.8, 4) is 5.75 Å². The Labute approximate surface area is 205 Å². The van der Waals surface area contributed by atoms with Gasteiger partial charge in [-0.15, -0.1) is 0 Å². The lowest BCUT2D eigenvalue weighted by atomic mass is 9.88. The summed E-state index contributed by atoms with van der Waals surface area (Å²) in [4.78, 5) is 25.2. The van der Waals surface area contributed by atoms with Crippen LogP contribution in [0.1, 0.15) is 39.7 Å². The predicted octanol–water partition coefficient (Wildman–Crippen LogP) is 4.68. The Bertz CT molecular complexity index is 960. The van der Waals surface area contributed by atoms with Crippen molar-refractivity contribution in [1.29, 1.82) is 0 Å². The minimum Gasteiger partial charge on any atom is -0.486 e. The van der Waals surface area contributed by atoms with Crippen molar-refractivity contribution in [2.75, 3.05) is 13.2 Å². The van der Waals surface area contributed by atoms with E-state index >= 15 is 0 Å². The number of amides is 1. The van der Waals surface area contributed by atoms with E-state index in [0.717, 1.165) is 5.56 Å². The van der Waals surface area contributed by atoms with Crippen LogP contribution in [-0.2, 0) is 25.4 Å². The monoisotopic (exact) mass is 487 g/mol. The van der Waals surface area contributed by atoms with Crippen molar-refractivity contribution in [3.05, 3.63) is 66.0 Å². The molecular weight excluding hydrogens is 453 g/mol. The number of rotatable bonds is 5. The van der Waals surface area contributed by atoms with E-state index in [1.165, 1.54) is 12.1 Å². The number of cyclic esters (lactones) is 1. The number of carbonyl (C=O) groups excluding carboxylic acids is 2. The van der Waals surface area contributed by atoms with E-state index in [4.69, 9.17) is 18.9 Å². The predicted molar refractivity (Wildman–Crippen MR) is 129 cm³/mol. The molecule has 0 bridgehead atoms. The van der Waals surface area contributed by atoms with Crippen LogP contribution in [-0.4, -0.2) is 49.1 Å². The molecule has 35 heavy (non-hydrogen) atoms. The molecule has 0 aromatic heterocycles. The first-order valence-electron chi connectivity index (χ1n) is 11.8. The van der Waals surface area contributed by atoms with Gasteiger partial charge in [-0.3, -0.25) is 0 Å². The molecule has 0 radical (unpaired) electrons. The summed E-state index contributed by atoms with van der Waals surface area (Å²) in [5.74, 6) is -0.372. The number of ether oxygens (including phenoxy) is 4. The second kappa shape index (κ2) is 12.0. The summed E-state index contributed by atoms with van der Waals surface area (Å²) in [7, 11) is 0. The van der Waals surface area contributed by atoms with Gasteiger partial charge in [0.15, 0.2) is 6.04 Å². The Morgan fingerprint density at radius 2 is 1.80 bits per heavy atom. The van der Waals surface area contributed by atoms with Crippen LogP contribution in [0.5, 0.6) is 5.75 Å². The topological polar surface area (TPSA) is 83.1 Å². The number of esters is 1. The van der Waals surface area contributed by atoms with E-state index in [1.54, 1.807) is 39.8 Å². The Morgan fingerprint density at radius 1 is 1.11 bits per heavy atom. The lowest BCUT2D eigenvalue weighted by Gasteiger charge is -2.34. The molecule has 1 N–H and O–H groups in total. The molecule has 1 amide bonds. The molecule has 0 aliphatic carbocycles. The second-order valence-corrected chi connectivity index (χ2v) is 9.69. The molecule has 1 aliphatic heterocycles. The van der Waals surface area contributed by atoms with Gasteiger partial charge in [0.25, 0.3) is 0 Å². The molecule has 8 heteroatoms. The lowest BCUT2D eigenvalue weighted by Crippen LogP contribution is -2.50. The molecule has 4 atom stereocenters. The molecule has 1 fully saturated rings. The van der Waals surface area contributed by atoms with Gasteiger partial charge < -0.3 is 24.3 Å². The largest absolute Gasteiger partial charge is 0.486 e. The number of hydrogen-bond acceptors (Lipinski definition) is 6. The number of alkyl carbamates (subject to hydrolysis) is 1. The van der Waals surface area contributed by atoms with Gasteiger partial charge in [0.2, 0.25) is 0 Å². The third-order valence-electron chi connectivity index (χ3n) is 5.55. The summed E-state index contributed by atoms with van der Waals surface area (Å²) in [5.41, 5.74) is 0.235. The molecule has 0 spiro atoms. The number of para-hydroxylation sites is 1. The zero-order valence-corrected chi connectivity index (χ0v) is 20.7. The first-order valence-corrected chi connectivity index (χ1v) is 11.8. The highest BCUT2D eigenvalue weighted by Gasteiger charge is 2.35. The highest BCUT2D eigenvalue weighted by atomic mass is 19.1. The zero-order valence-electron chi connectivity index (χ0n) is 20.7. The highest BCUT2D eigenvalue weighted by Crippen LogP contribution is 2.26. The maximum absolute atomic E-state index is 13.4. The number of benzene rings is 2. The van der Waals surface area contributed by atoms with Crippen molar-refractivity contribution in [3.63, 3.8) is 0 Å². The maximum Gasteiger partial charge on any atom is 0.408 e. The molecule has 2 aromatic rings. The first-order chi connectivity index (χ1) is 16.6. The quantitative estimate of drug-likeness (QED) is 0.617. The summed E-state index contributed by atoms with van der Waals surface area (Å²) in [6, 6.07) is 14.6. The van der Waals surface area contributed by atoms with Crippen LogP contribution < -0.4 is 10.1 Å². The summed E-state index contributed by atoms with van der Waals surface area (Å²) < 4.78 is 36.5. The van der Waals surface area contributed by atoms with Crippen LogP contribution in [0.15, 0.2) is 54.6 Å². The van der Waals surface area contributed by atoms with Crippen molar-refractivity contribution in [2.45, 2.75) is 64.4 Å². The summed E-state index contributed by atoms with van der Waals surface area (Å²) in [6.07, 6.45) is -0.665. The maximum atomic E-state index is 13.4. The fraction of sp³-hybridized carbons (Fsp3) is 0.481. The minimum atomic E-state index is -1.02. The summed E-state index contributed by atoms with van der Waals surface area (Å²) in [5, 5.41) is 2.55. The van der Waals surface area contributed by atoms with Gasteiger partial charge in [-0.2, -0.15) is 0 Å². The molecule has 1 saturated heterocycles.